The monoisotopic (exact) mass is 308 g/mol. The van der Waals surface area contributed by atoms with Crippen LogP contribution in [0.5, 0.6) is 0 Å². The first-order valence-electron chi connectivity index (χ1n) is 5.70. The van der Waals surface area contributed by atoms with Crippen LogP contribution in [0.4, 0.5) is 0 Å². The molecule has 0 atom stereocenters. The van der Waals surface area contributed by atoms with Crippen LogP contribution >= 0.6 is 0 Å². The Labute approximate surface area is 127 Å². The summed E-state index contributed by atoms with van der Waals surface area (Å²) >= 11 is 0. The Bertz CT molecular complexity index is 486. The molecule has 118 valence electrons. The van der Waals surface area contributed by atoms with Gasteiger partial charge in [-0.3, -0.25) is 14.4 Å². The molecule has 0 aliphatic carbocycles. The molecule has 0 fully saturated rings. The van der Waals surface area contributed by atoms with Crippen molar-refractivity contribution >= 4 is 30.5 Å². The number of aldehydes is 2. The van der Waals surface area contributed by atoms with Crippen LogP contribution in [0.2, 0.25) is 0 Å². The lowest BCUT2D eigenvalue weighted by molar-refractivity contribution is -0.191. The number of Topliss-reactive ketones (excluding diaryl/α,β-unsaturated/α-hetero) is 1. The second-order valence-corrected chi connectivity index (χ2v) is 3.14. The molecule has 0 heterocycles. The molecule has 0 radical (unpaired) electrons. The van der Waals surface area contributed by atoms with Crippen molar-refractivity contribution in [2.45, 2.75) is 13.8 Å². The Kier molecular flexibility index (Phi) is 21.9. The molecular formula is C15H16O7. The van der Waals surface area contributed by atoms with Crippen LogP contribution in [0.25, 0.3) is 0 Å². The number of ketones is 1. The Morgan fingerprint density at radius 2 is 1.50 bits per heavy atom. The number of allylic oxidation sites excluding steroid dienone is 2. The van der Waals surface area contributed by atoms with Crippen LogP contribution < -0.4 is 0 Å². The van der Waals surface area contributed by atoms with E-state index in [9.17, 15) is 19.2 Å². The standard InChI is InChI=1S/C7H6O.C4H6O.C3H4O3.CO2/c8-6-7-4-2-1-3-5-7;1-2-3-4-5;1-2(4)3(5)6;2-1-3/h1-6H;2-4H,1H3;1H3,(H,5,6);/b;3-2+;;. The average molecular weight is 308 g/mol. The third-order valence-electron chi connectivity index (χ3n) is 1.51. The topological polar surface area (TPSA) is 123 Å². The van der Waals surface area contributed by atoms with Gasteiger partial charge in [0.05, 0.1) is 0 Å². The first kappa shape index (κ1) is 23.9. The van der Waals surface area contributed by atoms with Gasteiger partial charge in [0.2, 0.25) is 5.78 Å². The minimum atomic E-state index is -1.38. The van der Waals surface area contributed by atoms with Gasteiger partial charge in [0.1, 0.15) is 12.6 Å². The van der Waals surface area contributed by atoms with Crippen LogP contribution in [0.15, 0.2) is 42.5 Å². The van der Waals surface area contributed by atoms with Gasteiger partial charge in [-0.2, -0.15) is 9.59 Å². The lowest BCUT2D eigenvalue weighted by atomic mass is 10.2. The summed E-state index contributed by atoms with van der Waals surface area (Å²) in [4.78, 5) is 54.5. The molecule has 0 aromatic heterocycles. The normalized spacial score (nSPS) is 7.55. The number of benzene rings is 1. The van der Waals surface area contributed by atoms with Gasteiger partial charge in [-0.25, -0.2) is 4.79 Å². The summed E-state index contributed by atoms with van der Waals surface area (Å²) in [5.74, 6) is -2.20. The van der Waals surface area contributed by atoms with Crippen molar-refractivity contribution in [3.05, 3.63) is 48.0 Å². The molecule has 0 aliphatic rings. The number of carbonyl (C=O) groups excluding carboxylic acids is 5. The third-order valence-corrected chi connectivity index (χ3v) is 1.51. The molecule has 1 aromatic rings. The van der Waals surface area contributed by atoms with Crippen molar-refractivity contribution in [2.24, 2.45) is 0 Å². The Balaban J connectivity index is -0.000000233. The predicted octanol–water partition coefficient (Wildman–Crippen LogP) is 1.34. The zero-order chi connectivity index (χ0) is 17.8. The lowest BCUT2D eigenvalue weighted by Crippen LogP contribution is -2.05. The molecule has 1 aromatic carbocycles. The Morgan fingerprint density at radius 1 is 1.09 bits per heavy atom. The number of carbonyl (C=O) groups is 4. The van der Waals surface area contributed by atoms with E-state index in [0.717, 1.165) is 25.1 Å². The minimum Gasteiger partial charge on any atom is -0.476 e. The summed E-state index contributed by atoms with van der Waals surface area (Å²) in [5.41, 5.74) is 0.729. The summed E-state index contributed by atoms with van der Waals surface area (Å²) in [5, 5.41) is 7.64. The van der Waals surface area contributed by atoms with E-state index in [1.165, 1.54) is 6.08 Å². The smallest absolute Gasteiger partial charge is 0.373 e. The molecule has 22 heavy (non-hydrogen) atoms. The summed E-state index contributed by atoms with van der Waals surface area (Å²) in [6.45, 7) is 2.80. The number of aliphatic carboxylic acids is 1. The van der Waals surface area contributed by atoms with Crippen LogP contribution in [-0.4, -0.2) is 35.6 Å². The summed E-state index contributed by atoms with van der Waals surface area (Å²) in [6.07, 6.45) is 4.97. The van der Waals surface area contributed by atoms with Gasteiger partial charge in [-0.1, -0.05) is 36.4 Å². The van der Waals surface area contributed by atoms with E-state index in [0.29, 0.717) is 0 Å². The zero-order valence-corrected chi connectivity index (χ0v) is 12.1. The van der Waals surface area contributed by atoms with Gasteiger partial charge in [0, 0.05) is 12.5 Å². The molecule has 1 N–H and O–H groups in total. The molecule has 0 amide bonds. The predicted molar refractivity (Wildman–Crippen MR) is 76.0 cm³/mol. The highest BCUT2D eigenvalue weighted by atomic mass is 16.4. The van der Waals surface area contributed by atoms with Crippen molar-refractivity contribution < 1.29 is 33.9 Å². The molecule has 1 rings (SSSR count). The molecule has 0 bridgehead atoms. The lowest BCUT2D eigenvalue weighted by Gasteiger charge is -1.81. The number of hydrogen-bond acceptors (Lipinski definition) is 6. The molecule has 0 saturated heterocycles. The fraction of sp³-hybridized carbons (Fsp3) is 0.133. The van der Waals surface area contributed by atoms with E-state index in [1.54, 1.807) is 25.1 Å². The number of rotatable bonds is 3. The fourth-order valence-electron chi connectivity index (χ4n) is 0.610. The maximum atomic E-state index is 10.0. The first-order chi connectivity index (χ1) is 10.4. The zero-order valence-electron chi connectivity index (χ0n) is 12.1. The van der Waals surface area contributed by atoms with Crippen molar-refractivity contribution in [2.75, 3.05) is 0 Å². The van der Waals surface area contributed by atoms with Crippen molar-refractivity contribution in [3.8, 4) is 0 Å². The van der Waals surface area contributed by atoms with E-state index in [2.05, 4.69) is 0 Å². The molecular weight excluding hydrogens is 292 g/mol. The summed E-state index contributed by atoms with van der Waals surface area (Å²) in [7, 11) is 0. The van der Waals surface area contributed by atoms with E-state index < -0.39 is 11.8 Å². The van der Waals surface area contributed by atoms with E-state index in [1.807, 2.05) is 18.2 Å². The van der Waals surface area contributed by atoms with Crippen LogP contribution in [0.3, 0.4) is 0 Å². The van der Waals surface area contributed by atoms with E-state index >= 15 is 0 Å². The van der Waals surface area contributed by atoms with E-state index in [-0.39, 0.29) is 6.15 Å². The number of hydrogen-bond donors (Lipinski definition) is 1. The van der Waals surface area contributed by atoms with Gasteiger partial charge in [-0.05, 0) is 13.0 Å². The third kappa shape index (κ3) is 25.6. The highest BCUT2D eigenvalue weighted by Gasteiger charge is 1.98. The van der Waals surface area contributed by atoms with Gasteiger partial charge in [0.15, 0.2) is 0 Å². The largest absolute Gasteiger partial charge is 0.476 e. The summed E-state index contributed by atoms with van der Waals surface area (Å²) < 4.78 is 0. The maximum Gasteiger partial charge on any atom is 0.373 e. The highest BCUT2D eigenvalue weighted by molar-refractivity contribution is 6.31. The first-order valence-corrected chi connectivity index (χ1v) is 5.70. The minimum absolute atomic E-state index is 0.250. The Morgan fingerprint density at radius 3 is 1.64 bits per heavy atom. The van der Waals surface area contributed by atoms with Gasteiger partial charge in [0.25, 0.3) is 0 Å². The molecule has 0 spiro atoms. The highest BCUT2D eigenvalue weighted by Crippen LogP contribution is 1.91. The molecule has 0 saturated carbocycles. The Hall–Kier alpha value is -3.18. The van der Waals surface area contributed by atoms with E-state index in [4.69, 9.17) is 14.7 Å². The van der Waals surface area contributed by atoms with Crippen molar-refractivity contribution in [3.63, 3.8) is 0 Å². The second kappa shape index (κ2) is 20.1. The molecule has 0 aliphatic heterocycles. The molecule has 0 unspecified atom stereocenters. The van der Waals surface area contributed by atoms with Crippen LogP contribution in [-0.2, 0) is 24.0 Å². The van der Waals surface area contributed by atoms with Gasteiger partial charge < -0.3 is 5.11 Å². The van der Waals surface area contributed by atoms with Gasteiger partial charge in [-0.15, -0.1) is 0 Å². The quantitative estimate of drug-likeness (QED) is 0.507. The van der Waals surface area contributed by atoms with Gasteiger partial charge >= 0.3 is 12.1 Å². The summed E-state index contributed by atoms with van der Waals surface area (Å²) in [6, 6.07) is 9.10. The number of carboxylic acids is 1. The second-order valence-electron chi connectivity index (χ2n) is 3.14. The molecule has 7 heteroatoms. The SMILES string of the molecule is C/C=C/C=O.CC(=O)C(=O)O.O=C=O.O=Cc1ccccc1. The van der Waals surface area contributed by atoms with Crippen LogP contribution in [0.1, 0.15) is 24.2 Å². The van der Waals surface area contributed by atoms with Crippen molar-refractivity contribution in [1.82, 2.24) is 0 Å². The van der Waals surface area contributed by atoms with Crippen LogP contribution in [0, 0.1) is 0 Å². The van der Waals surface area contributed by atoms with Crippen molar-refractivity contribution in [1.29, 1.82) is 0 Å². The average Bonchev–Trinajstić information content (AvgIpc) is 2.51. The maximum absolute atomic E-state index is 10.0. The number of carboxylic acid groups (broad SMARTS) is 1. The fourth-order valence-corrected chi connectivity index (χ4v) is 0.610. The molecule has 7 nitrogen and oxygen atoms in total.